The van der Waals surface area contributed by atoms with Gasteiger partial charge in [-0.25, -0.2) is 0 Å². The predicted molar refractivity (Wildman–Crippen MR) is 166 cm³/mol. The van der Waals surface area contributed by atoms with Crippen molar-refractivity contribution in [3.8, 4) is 0 Å². The molecule has 0 unspecified atom stereocenters. The largest absolute Gasteiger partial charge is 1.00 e. The molecule has 0 amide bonds. The van der Waals surface area contributed by atoms with E-state index >= 15 is 0 Å². The Balaban J connectivity index is 0.000000250. The van der Waals surface area contributed by atoms with Crippen LogP contribution in [0.1, 0.15) is 43.0 Å². The van der Waals surface area contributed by atoms with Crippen LogP contribution in [-0.2, 0) is 23.3 Å². The fourth-order valence-corrected chi connectivity index (χ4v) is 4.53. The van der Waals surface area contributed by atoms with E-state index < -0.39 is 0 Å². The maximum atomic E-state index is 12.4. The van der Waals surface area contributed by atoms with Crippen LogP contribution in [0.25, 0.3) is 21.5 Å². The Kier molecular flexibility index (Phi) is 14.0. The van der Waals surface area contributed by atoms with Gasteiger partial charge in [-0.05, 0) is 36.1 Å². The molecular formula is C36H32Cl2O2SiZr-2. The van der Waals surface area contributed by atoms with E-state index in [0.29, 0.717) is 0 Å². The number of hydrogen-bond acceptors (Lipinski definition) is 2. The van der Waals surface area contributed by atoms with Gasteiger partial charge in [0, 0.05) is 0 Å². The van der Waals surface area contributed by atoms with E-state index in [4.69, 9.17) is 0 Å². The minimum absolute atomic E-state index is 0. The summed E-state index contributed by atoms with van der Waals surface area (Å²) in [5, 5.41) is 4.48. The Hall–Kier alpha value is -2.88. The quantitative estimate of drug-likeness (QED) is 0.163. The van der Waals surface area contributed by atoms with Crippen molar-refractivity contribution in [1.29, 1.82) is 0 Å². The first-order chi connectivity index (χ1) is 19.2. The Labute approximate surface area is 276 Å². The molecule has 0 spiro atoms. The van der Waals surface area contributed by atoms with Crippen molar-refractivity contribution in [3.05, 3.63) is 155 Å². The van der Waals surface area contributed by atoms with Gasteiger partial charge in [-0.15, -0.1) is 57.9 Å². The third kappa shape index (κ3) is 9.06. The minimum Gasteiger partial charge on any atom is -1.00 e. The Morgan fingerprint density at radius 1 is 0.571 bits per heavy atom. The first kappa shape index (κ1) is 35.3. The van der Waals surface area contributed by atoms with Crippen molar-refractivity contribution >= 4 is 38.5 Å². The molecular weight excluding hydrogens is 655 g/mol. The number of hydrogen-bond donors (Lipinski definition) is 0. The second-order valence-electron chi connectivity index (χ2n) is 10.0. The third-order valence-electron chi connectivity index (χ3n) is 6.54. The summed E-state index contributed by atoms with van der Waals surface area (Å²) in [5.41, 5.74) is 5.36. The molecule has 0 aliphatic heterocycles. The normalized spacial score (nSPS) is 9.86. The van der Waals surface area contributed by atoms with E-state index in [0.717, 1.165) is 54.9 Å². The second kappa shape index (κ2) is 16.7. The summed E-state index contributed by atoms with van der Waals surface area (Å²) < 4.78 is 0. The van der Waals surface area contributed by atoms with Crippen LogP contribution in [0.3, 0.4) is 0 Å². The molecule has 0 saturated carbocycles. The topological polar surface area (TPSA) is 34.1 Å². The Morgan fingerprint density at radius 2 is 0.881 bits per heavy atom. The molecule has 0 fully saturated rings. The van der Waals surface area contributed by atoms with Crippen LogP contribution in [-0.4, -0.2) is 17.0 Å². The summed E-state index contributed by atoms with van der Waals surface area (Å²) in [6, 6.07) is 39.4. The maximum absolute atomic E-state index is 12.4. The van der Waals surface area contributed by atoms with E-state index in [1.165, 1.54) is 0 Å². The van der Waals surface area contributed by atoms with E-state index in [1.807, 2.05) is 135 Å². The molecule has 6 aromatic rings. The SMILES string of the molecule is C[Si](C)=[Zr+2].Cc1ccccc1C(=O)c1cc2ccccc2[cH-]1.Cc1ccccc1C(=O)c1cc2ccccc2[cH-]1.[Cl-].[Cl-]. The van der Waals surface area contributed by atoms with Crippen LogP contribution in [0.15, 0.2) is 121 Å². The molecule has 0 N–H and O–H groups in total. The summed E-state index contributed by atoms with van der Waals surface area (Å²) in [4.78, 5) is 24.9. The maximum Gasteiger partial charge on any atom is 0.125 e. The number of aryl methyl sites for hydroxylation is 2. The van der Waals surface area contributed by atoms with Crippen molar-refractivity contribution in [2.75, 3.05) is 0 Å². The van der Waals surface area contributed by atoms with Crippen LogP contribution < -0.4 is 24.8 Å². The van der Waals surface area contributed by atoms with Gasteiger partial charge in [-0.3, -0.25) is 0 Å². The summed E-state index contributed by atoms with van der Waals surface area (Å²) in [7, 11) is 0. The van der Waals surface area contributed by atoms with Crippen molar-refractivity contribution in [2.24, 2.45) is 0 Å². The van der Waals surface area contributed by atoms with Gasteiger partial charge in [0.05, 0.1) is 0 Å². The molecule has 0 radical (unpaired) electrons. The van der Waals surface area contributed by atoms with Gasteiger partial charge in [-0.2, -0.15) is 0 Å². The van der Waals surface area contributed by atoms with E-state index in [-0.39, 0.29) is 41.8 Å². The molecule has 6 aromatic carbocycles. The smallest absolute Gasteiger partial charge is 0.125 e. The zero-order valence-electron chi connectivity index (χ0n) is 24.1. The molecule has 42 heavy (non-hydrogen) atoms. The Bertz CT molecular complexity index is 1620. The number of benzene rings is 4. The zero-order valence-corrected chi connectivity index (χ0v) is 29.1. The van der Waals surface area contributed by atoms with Gasteiger partial charge >= 0.3 is 41.9 Å². The number of ketones is 2. The molecule has 0 bridgehead atoms. The average Bonchev–Trinajstić information content (AvgIpc) is 3.58. The molecule has 6 heteroatoms. The molecule has 0 saturated heterocycles. The van der Waals surface area contributed by atoms with E-state index in [1.54, 1.807) is 23.3 Å². The summed E-state index contributed by atoms with van der Waals surface area (Å²) >= 11 is 1.74. The van der Waals surface area contributed by atoms with Crippen molar-refractivity contribution in [3.63, 3.8) is 0 Å². The monoisotopic (exact) mass is 684 g/mol. The van der Waals surface area contributed by atoms with E-state index in [2.05, 4.69) is 13.1 Å². The van der Waals surface area contributed by atoms with Crippen molar-refractivity contribution in [2.45, 2.75) is 26.9 Å². The third-order valence-corrected chi connectivity index (χ3v) is 6.54. The summed E-state index contributed by atoms with van der Waals surface area (Å²) in [6.07, 6.45) is 0. The van der Waals surface area contributed by atoms with Gasteiger partial charge in [0.1, 0.15) is 11.6 Å². The Morgan fingerprint density at radius 3 is 1.21 bits per heavy atom. The van der Waals surface area contributed by atoms with Gasteiger partial charge in [0.15, 0.2) is 0 Å². The fraction of sp³-hybridized carbons (Fsp3) is 0.111. The van der Waals surface area contributed by atoms with Crippen LogP contribution in [0, 0.1) is 13.8 Å². The van der Waals surface area contributed by atoms with Crippen LogP contribution in [0.5, 0.6) is 0 Å². The van der Waals surface area contributed by atoms with Gasteiger partial charge in [0.25, 0.3) is 0 Å². The van der Waals surface area contributed by atoms with Gasteiger partial charge in [-0.1, -0.05) is 96.1 Å². The van der Waals surface area contributed by atoms with Crippen LogP contribution in [0.2, 0.25) is 13.1 Å². The van der Waals surface area contributed by atoms with Gasteiger partial charge in [0.2, 0.25) is 0 Å². The van der Waals surface area contributed by atoms with Crippen molar-refractivity contribution < 1.29 is 57.7 Å². The zero-order chi connectivity index (χ0) is 28.6. The molecule has 0 heterocycles. The molecule has 6 rings (SSSR count). The average molecular weight is 687 g/mol. The minimum atomic E-state index is 0. The van der Waals surface area contributed by atoms with Gasteiger partial charge < -0.3 is 34.4 Å². The predicted octanol–water partition coefficient (Wildman–Crippen LogP) is 2.99. The standard InChI is InChI=1S/2C17H13O.C2H6Si.2ClH.Zr/c2*1-12-6-2-5-9-16(12)17(18)15-10-13-7-3-4-8-14(13)11-15;1-3-2;;;/h2*2-11H,1H3;1-2H3;2*1H;/q2*-1;;;;+2/p-2. The van der Waals surface area contributed by atoms with Crippen molar-refractivity contribution in [1.82, 2.24) is 0 Å². The number of fused-ring (bicyclic) bond motifs is 2. The molecule has 0 atom stereocenters. The summed E-state index contributed by atoms with van der Waals surface area (Å²) in [6.45, 7) is 8.55. The second-order valence-corrected chi connectivity index (χ2v) is 19.4. The van der Waals surface area contributed by atoms with Crippen LogP contribution >= 0.6 is 0 Å². The molecule has 0 aliphatic rings. The number of rotatable bonds is 4. The first-order valence-corrected chi connectivity index (χ1v) is 19.5. The molecule has 212 valence electrons. The molecule has 0 aromatic heterocycles. The number of carbonyl (C=O) groups excluding carboxylic acids is 2. The van der Waals surface area contributed by atoms with E-state index in [9.17, 15) is 9.59 Å². The molecule has 0 aliphatic carbocycles. The molecule has 2 nitrogen and oxygen atoms in total. The summed E-state index contributed by atoms with van der Waals surface area (Å²) in [5.74, 6) is 0.202. The number of halogens is 2. The fourth-order valence-electron chi connectivity index (χ4n) is 4.53. The van der Waals surface area contributed by atoms with Crippen LogP contribution in [0.4, 0.5) is 0 Å². The first-order valence-electron chi connectivity index (χ1n) is 13.3. The number of carbonyl (C=O) groups is 2.